The number of amides is 1. The summed E-state index contributed by atoms with van der Waals surface area (Å²) in [7, 11) is 0. The first kappa shape index (κ1) is 14.4. The molecular weight excluding hydrogens is 258 g/mol. The lowest BCUT2D eigenvalue weighted by molar-refractivity contribution is -0.121. The lowest BCUT2D eigenvalue weighted by atomic mass is 10.3. The number of hydrogen-bond donors (Lipinski definition) is 2. The summed E-state index contributed by atoms with van der Waals surface area (Å²) in [5, 5.41) is 12.2. The second-order valence-electron chi connectivity index (χ2n) is 3.70. The summed E-state index contributed by atoms with van der Waals surface area (Å²) in [4.78, 5) is 12.5. The van der Waals surface area contributed by atoms with E-state index in [4.69, 9.17) is 16.7 Å². The Morgan fingerprint density at radius 1 is 1.47 bits per heavy atom. The van der Waals surface area contributed by atoms with Gasteiger partial charge >= 0.3 is 0 Å². The highest BCUT2D eigenvalue weighted by Gasteiger charge is 2.05. The molecular formula is C12H16ClNO2S. The molecule has 2 N–H and O–H groups in total. The minimum atomic E-state index is -0.178. The Hall–Kier alpha value is -0.710. The molecule has 0 saturated carbocycles. The van der Waals surface area contributed by atoms with E-state index < -0.39 is 0 Å². The van der Waals surface area contributed by atoms with Gasteiger partial charge < -0.3 is 10.4 Å². The van der Waals surface area contributed by atoms with Gasteiger partial charge in [0, 0.05) is 28.1 Å². The molecule has 1 rings (SSSR count). The quantitative estimate of drug-likeness (QED) is 0.782. The minimum absolute atomic E-state index is 0.0317. The molecule has 0 unspecified atom stereocenters. The van der Waals surface area contributed by atoms with Crippen molar-refractivity contribution in [2.24, 2.45) is 0 Å². The van der Waals surface area contributed by atoms with Gasteiger partial charge in [0.2, 0.25) is 5.91 Å². The fourth-order valence-corrected chi connectivity index (χ4v) is 2.16. The van der Waals surface area contributed by atoms with E-state index in [0.717, 1.165) is 4.90 Å². The van der Waals surface area contributed by atoms with Crippen molar-refractivity contribution >= 4 is 29.3 Å². The van der Waals surface area contributed by atoms with Crippen LogP contribution in [0, 0.1) is 0 Å². The zero-order valence-electron chi connectivity index (χ0n) is 9.65. The molecule has 17 heavy (non-hydrogen) atoms. The second kappa shape index (κ2) is 7.58. The van der Waals surface area contributed by atoms with E-state index in [0.29, 0.717) is 17.2 Å². The summed E-state index contributed by atoms with van der Waals surface area (Å²) >= 11 is 7.38. The number of benzene rings is 1. The van der Waals surface area contributed by atoms with E-state index in [1.165, 1.54) is 0 Å². The van der Waals surface area contributed by atoms with Crippen molar-refractivity contribution in [1.29, 1.82) is 0 Å². The molecule has 0 fully saturated rings. The summed E-state index contributed by atoms with van der Waals surface area (Å²) in [6.45, 7) is 1.74. The molecule has 0 bridgehead atoms. The van der Waals surface area contributed by atoms with E-state index in [2.05, 4.69) is 5.32 Å². The van der Waals surface area contributed by atoms with Crippen molar-refractivity contribution in [2.45, 2.75) is 24.3 Å². The van der Waals surface area contributed by atoms with Gasteiger partial charge in [0.25, 0.3) is 0 Å². The van der Waals surface area contributed by atoms with Crippen LogP contribution < -0.4 is 5.32 Å². The lowest BCUT2D eigenvalue weighted by Crippen LogP contribution is -2.35. The third kappa shape index (κ3) is 5.96. The van der Waals surface area contributed by atoms with Crippen LogP contribution in [-0.2, 0) is 4.79 Å². The Balaban J connectivity index is 2.23. The molecule has 1 aromatic carbocycles. The van der Waals surface area contributed by atoms with Gasteiger partial charge in [-0.1, -0.05) is 11.6 Å². The van der Waals surface area contributed by atoms with Crippen LogP contribution in [0.4, 0.5) is 0 Å². The fourth-order valence-electron chi connectivity index (χ4n) is 1.19. The van der Waals surface area contributed by atoms with Crippen LogP contribution in [0.3, 0.4) is 0 Å². The molecule has 0 saturated heterocycles. The number of carbonyl (C=O) groups excluding carboxylic acids is 1. The number of aliphatic hydroxyl groups is 1. The zero-order chi connectivity index (χ0) is 12.7. The van der Waals surface area contributed by atoms with Crippen LogP contribution in [0.25, 0.3) is 0 Å². The normalized spacial score (nSPS) is 12.2. The van der Waals surface area contributed by atoms with Gasteiger partial charge in [-0.25, -0.2) is 0 Å². The highest BCUT2D eigenvalue weighted by molar-refractivity contribution is 7.99. The second-order valence-corrected chi connectivity index (χ2v) is 5.31. The first-order valence-corrected chi connectivity index (χ1v) is 6.76. The number of carbonyl (C=O) groups is 1. The van der Waals surface area contributed by atoms with Crippen molar-refractivity contribution in [3.8, 4) is 0 Å². The van der Waals surface area contributed by atoms with Crippen LogP contribution in [0.5, 0.6) is 0 Å². The van der Waals surface area contributed by atoms with E-state index in [-0.39, 0.29) is 18.6 Å². The number of thioether (sulfide) groups is 1. The topological polar surface area (TPSA) is 49.3 Å². The standard InChI is InChI=1S/C12H16ClNO2S/c1-9(8-15)14-12(16)6-7-17-11-4-2-10(13)3-5-11/h2-5,9,15H,6-8H2,1H3,(H,14,16)/t9-/m1/s1. The average molecular weight is 274 g/mol. The summed E-state index contributed by atoms with van der Waals surface area (Å²) in [5.41, 5.74) is 0. The Labute approximate surface area is 111 Å². The largest absolute Gasteiger partial charge is 0.394 e. The van der Waals surface area contributed by atoms with Crippen LogP contribution >= 0.6 is 23.4 Å². The number of nitrogens with one attached hydrogen (secondary N) is 1. The molecule has 1 atom stereocenters. The Kier molecular flexibility index (Phi) is 6.40. The smallest absolute Gasteiger partial charge is 0.221 e. The molecule has 0 aromatic heterocycles. The Morgan fingerprint density at radius 2 is 2.12 bits per heavy atom. The Bertz CT molecular complexity index is 356. The minimum Gasteiger partial charge on any atom is -0.394 e. The lowest BCUT2D eigenvalue weighted by Gasteiger charge is -2.10. The monoisotopic (exact) mass is 273 g/mol. The third-order valence-electron chi connectivity index (χ3n) is 2.09. The predicted octanol–water partition coefficient (Wildman–Crippen LogP) is 2.32. The maximum absolute atomic E-state index is 11.4. The van der Waals surface area contributed by atoms with E-state index in [1.807, 2.05) is 24.3 Å². The molecule has 5 heteroatoms. The number of aliphatic hydroxyl groups excluding tert-OH is 1. The summed E-state index contributed by atoms with van der Waals surface area (Å²) < 4.78 is 0. The van der Waals surface area contributed by atoms with E-state index in [9.17, 15) is 4.79 Å². The average Bonchev–Trinajstić information content (AvgIpc) is 2.31. The molecule has 0 heterocycles. The van der Waals surface area contributed by atoms with Crippen LogP contribution in [-0.4, -0.2) is 29.4 Å². The third-order valence-corrected chi connectivity index (χ3v) is 3.36. The molecule has 1 aromatic rings. The molecule has 0 radical (unpaired) electrons. The SMILES string of the molecule is C[C@H](CO)NC(=O)CCSc1ccc(Cl)cc1. The van der Waals surface area contributed by atoms with Gasteiger partial charge in [-0.05, 0) is 31.2 Å². The molecule has 3 nitrogen and oxygen atoms in total. The van der Waals surface area contributed by atoms with Gasteiger partial charge in [0.15, 0.2) is 0 Å². The maximum atomic E-state index is 11.4. The van der Waals surface area contributed by atoms with Crippen molar-refractivity contribution in [2.75, 3.05) is 12.4 Å². The van der Waals surface area contributed by atoms with Crippen LogP contribution in [0.15, 0.2) is 29.2 Å². The van der Waals surface area contributed by atoms with Crippen molar-refractivity contribution in [3.63, 3.8) is 0 Å². The van der Waals surface area contributed by atoms with Gasteiger partial charge in [0.1, 0.15) is 0 Å². The van der Waals surface area contributed by atoms with Crippen molar-refractivity contribution in [1.82, 2.24) is 5.32 Å². The van der Waals surface area contributed by atoms with Gasteiger partial charge in [-0.15, -0.1) is 11.8 Å². The molecule has 1 amide bonds. The number of hydrogen-bond acceptors (Lipinski definition) is 3. The van der Waals surface area contributed by atoms with Gasteiger partial charge in [-0.3, -0.25) is 4.79 Å². The fraction of sp³-hybridized carbons (Fsp3) is 0.417. The number of halogens is 1. The Morgan fingerprint density at radius 3 is 2.71 bits per heavy atom. The number of rotatable bonds is 6. The van der Waals surface area contributed by atoms with Crippen molar-refractivity contribution in [3.05, 3.63) is 29.3 Å². The first-order valence-electron chi connectivity index (χ1n) is 5.40. The highest BCUT2D eigenvalue weighted by atomic mass is 35.5. The first-order chi connectivity index (χ1) is 8.11. The van der Waals surface area contributed by atoms with Gasteiger partial charge in [0.05, 0.1) is 6.61 Å². The molecule has 94 valence electrons. The molecule has 0 spiro atoms. The predicted molar refractivity (Wildman–Crippen MR) is 71.5 cm³/mol. The van der Waals surface area contributed by atoms with Crippen LogP contribution in [0.1, 0.15) is 13.3 Å². The molecule has 0 aliphatic heterocycles. The zero-order valence-corrected chi connectivity index (χ0v) is 11.2. The molecule has 0 aliphatic carbocycles. The van der Waals surface area contributed by atoms with Crippen LogP contribution in [0.2, 0.25) is 5.02 Å². The highest BCUT2D eigenvalue weighted by Crippen LogP contribution is 2.20. The van der Waals surface area contributed by atoms with E-state index in [1.54, 1.807) is 18.7 Å². The van der Waals surface area contributed by atoms with Crippen molar-refractivity contribution < 1.29 is 9.90 Å². The summed E-state index contributed by atoms with van der Waals surface area (Å²) in [6, 6.07) is 7.35. The van der Waals surface area contributed by atoms with E-state index >= 15 is 0 Å². The van der Waals surface area contributed by atoms with Gasteiger partial charge in [-0.2, -0.15) is 0 Å². The maximum Gasteiger partial charge on any atom is 0.221 e. The summed E-state index contributed by atoms with van der Waals surface area (Å²) in [5.74, 6) is 0.680. The summed E-state index contributed by atoms with van der Waals surface area (Å²) in [6.07, 6.45) is 0.442. The molecule has 0 aliphatic rings.